The molecule has 9 nitrogen and oxygen atoms in total. The minimum absolute atomic E-state index is 0.0185. The summed E-state index contributed by atoms with van der Waals surface area (Å²) in [5.41, 5.74) is 4.58. The molecule has 3 N–H and O–H groups in total. The van der Waals surface area contributed by atoms with Crippen molar-refractivity contribution in [3.05, 3.63) is 75.2 Å². The number of hydrogen-bond donors (Lipinski definition) is 3. The minimum Gasteiger partial charge on any atom is -0.343 e. The number of aryl methyl sites for hydroxylation is 1. The second-order valence-corrected chi connectivity index (χ2v) is 7.76. The summed E-state index contributed by atoms with van der Waals surface area (Å²) in [4.78, 5) is 49.7. The van der Waals surface area contributed by atoms with Crippen LogP contribution in [0.25, 0.3) is 10.8 Å². The maximum absolute atomic E-state index is 12.7. The normalized spacial score (nSPS) is 10.6. The molecule has 0 fully saturated rings. The molecule has 1 aromatic heterocycles. The fourth-order valence-corrected chi connectivity index (χ4v) is 3.38. The number of rotatable bonds is 8. The van der Waals surface area contributed by atoms with Crippen molar-refractivity contribution in [2.45, 2.75) is 32.7 Å². The smallest absolute Gasteiger partial charge is 0.290 e. The van der Waals surface area contributed by atoms with Gasteiger partial charge in [0.25, 0.3) is 23.3 Å². The largest absolute Gasteiger partial charge is 0.343 e. The molecule has 10 heteroatoms. The van der Waals surface area contributed by atoms with Crippen molar-refractivity contribution in [1.29, 1.82) is 0 Å². The summed E-state index contributed by atoms with van der Waals surface area (Å²) in [5.74, 6) is -1.80. The van der Waals surface area contributed by atoms with Crippen LogP contribution < -0.4 is 21.7 Å². The molecule has 0 saturated heterocycles. The van der Waals surface area contributed by atoms with Crippen LogP contribution in [0, 0.1) is 0 Å². The van der Waals surface area contributed by atoms with Crippen molar-refractivity contribution in [2.24, 2.45) is 0 Å². The molecule has 0 unspecified atom stereocenters. The average molecular weight is 470 g/mol. The van der Waals surface area contributed by atoms with Crippen LogP contribution in [0.2, 0.25) is 5.02 Å². The highest BCUT2D eigenvalue weighted by molar-refractivity contribution is 6.31. The molecule has 172 valence electrons. The Morgan fingerprint density at radius 3 is 2.45 bits per heavy atom. The molecule has 0 aliphatic carbocycles. The van der Waals surface area contributed by atoms with Gasteiger partial charge in [0.05, 0.1) is 11.9 Å². The van der Waals surface area contributed by atoms with E-state index in [0.29, 0.717) is 27.9 Å². The molecule has 0 aliphatic heterocycles. The standard InChI is InChI=1S/C23H24ClN5O4/c1-2-3-6-12-29-23(33)18-11-5-4-10-17(18)20(28-29)22(32)27-26-19(30)14-25-21(31)15-8-7-9-16(24)13-15/h4-5,7-11,13H,2-3,6,12,14H2,1H3,(H,25,31)(H,26,30)(H,27,32). The van der Waals surface area contributed by atoms with Gasteiger partial charge in [0.1, 0.15) is 0 Å². The Bertz CT molecular complexity index is 1240. The van der Waals surface area contributed by atoms with Crippen LogP contribution in [0.5, 0.6) is 0 Å². The van der Waals surface area contributed by atoms with Crippen LogP contribution in [0.1, 0.15) is 47.0 Å². The van der Waals surface area contributed by atoms with Gasteiger partial charge in [-0.25, -0.2) is 4.68 Å². The maximum atomic E-state index is 12.7. The molecular weight excluding hydrogens is 446 g/mol. The number of aromatic nitrogens is 2. The number of benzene rings is 2. The molecule has 33 heavy (non-hydrogen) atoms. The second-order valence-electron chi connectivity index (χ2n) is 7.32. The molecule has 0 bridgehead atoms. The number of hydrogen-bond acceptors (Lipinski definition) is 5. The highest BCUT2D eigenvalue weighted by Gasteiger charge is 2.17. The number of hydrazine groups is 1. The highest BCUT2D eigenvalue weighted by atomic mass is 35.5. The Balaban J connectivity index is 1.66. The molecule has 3 aromatic rings. The highest BCUT2D eigenvalue weighted by Crippen LogP contribution is 2.13. The van der Waals surface area contributed by atoms with Crippen molar-refractivity contribution in [3.8, 4) is 0 Å². The molecule has 0 aliphatic rings. The summed E-state index contributed by atoms with van der Waals surface area (Å²) in [7, 11) is 0. The molecule has 0 spiro atoms. The lowest BCUT2D eigenvalue weighted by Gasteiger charge is -2.12. The van der Waals surface area contributed by atoms with E-state index in [1.165, 1.54) is 10.7 Å². The van der Waals surface area contributed by atoms with Gasteiger partial charge in [-0.05, 0) is 30.7 Å². The topological polar surface area (TPSA) is 122 Å². The number of nitrogens with zero attached hydrogens (tertiary/aromatic N) is 2. The average Bonchev–Trinajstić information content (AvgIpc) is 2.82. The second kappa shape index (κ2) is 11.2. The quantitative estimate of drug-likeness (QED) is 0.345. The predicted octanol–water partition coefficient (Wildman–Crippen LogP) is 2.43. The summed E-state index contributed by atoms with van der Waals surface area (Å²) in [5, 5.41) is 7.83. The van der Waals surface area contributed by atoms with Crippen molar-refractivity contribution in [1.82, 2.24) is 25.9 Å². The minimum atomic E-state index is -0.676. The van der Waals surface area contributed by atoms with Crippen LogP contribution in [0.3, 0.4) is 0 Å². The van der Waals surface area contributed by atoms with E-state index in [2.05, 4.69) is 28.2 Å². The zero-order valence-corrected chi connectivity index (χ0v) is 18.8. The van der Waals surface area contributed by atoms with Crippen LogP contribution in [-0.2, 0) is 11.3 Å². The molecule has 0 radical (unpaired) electrons. The molecule has 0 saturated carbocycles. The number of halogens is 1. The Labute approximate surface area is 195 Å². The van der Waals surface area contributed by atoms with Crippen LogP contribution in [-0.4, -0.2) is 34.0 Å². The summed E-state index contributed by atoms with van der Waals surface area (Å²) in [6.45, 7) is 2.07. The first-order valence-electron chi connectivity index (χ1n) is 10.5. The Morgan fingerprint density at radius 1 is 0.970 bits per heavy atom. The van der Waals surface area contributed by atoms with Crippen molar-refractivity contribution >= 4 is 40.1 Å². The van der Waals surface area contributed by atoms with Crippen LogP contribution in [0.15, 0.2) is 53.3 Å². The molecule has 1 heterocycles. The SMILES string of the molecule is CCCCCn1nc(C(=O)NNC(=O)CNC(=O)c2cccc(Cl)c2)c2ccccc2c1=O. The van der Waals surface area contributed by atoms with Crippen LogP contribution >= 0.6 is 11.6 Å². The third kappa shape index (κ3) is 6.17. The monoisotopic (exact) mass is 469 g/mol. The van der Waals surface area contributed by atoms with Crippen LogP contribution in [0.4, 0.5) is 0 Å². The van der Waals surface area contributed by atoms with E-state index in [4.69, 9.17) is 11.6 Å². The summed E-state index contributed by atoms with van der Waals surface area (Å²) in [6, 6.07) is 13.0. The maximum Gasteiger partial charge on any atom is 0.290 e. The first-order chi connectivity index (χ1) is 15.9. The number of carbonyl (C=O) groups is 3. The Morgan fingerprint density at radius 2 is 1.73 bits per heavy atom. The zero-order chi connectivity index (χ0) is 23.8. The van der Waals surface area contributed by atoms with E-state index in [1.54, 1.807) is 42.5 Å². The molecule has 3 amide bonds. The molecular formula is C23H24ClN5O4. The van der Waals surface area contributed by atoms with E-state index >= 15 is 0 Å². The van der Waals surface area contributed by atoms with Gasteiger partial charge in [0.2, 0.25) is 0 Å². The predicted molar refractivity (Wildman–Crippen MR) is 125 cm³/mol. The lowest BCUT2D eigenvalue weighted by molar-refractivity contribution is -0.120. The van der Waals surface area contributed by atoms with E-state index in [9.17, 15) is 19.2 Å². The molecule has 3 rings (SSSR count). The fourth-order valence-electron chi connectivity index (χ4n) is 3.19. The lowest BCUT2D eigenvalue weighted by Crippen LogP contribution is -2.47. The first kappa shape index (κ1) is 23.9. The summed E-state index contributed by atoms with van der Waals surface area (Å²) < 4.78 is 1.28. The van der Waals surface area contributed by atoms with Gasteiger partial charge in [-0.2, -0.15) is 5.10 Å². The van der Waals surface area contributed by atoms with Gasteiger partial charge >= 0.3 is 0 Å². The number of amides is 3. The van der Waals surface area contributed by atoms with Gasteiger partial charge in [-0.3, -0.25) is 30.0 Å². The summed E-state index contributed by atoms with van der Waals surface area (Å²) in [6.07, 6.45) is 2.67. The van der Waals surface area contributed by atoms with E-state index in [0.717, 1.165) is 19.3 Å². The van der Waals surface area contributed by atoms with E-state index < -0.39 is 17.7 Å². The third-order valence-corrected chi connectivity index (χ3v) is 5.10. The van der Waals surface area contributed by atoms with Crippen molar-refractivity contribution < 1.29 is 14.4 Å². The summed E-state index contributed by atoms with van der Waals surface area (Å²) >= 11 is 5.86. The van der Waals surface area contributed by atoms with E-state index in [1.807, 2.05) is 0 Å². The fraction of sp³-hybridized carbons (Fsp3) is 0.261. The third-order valence-electron chi connectivity index (χ3n) is 4.87. The first-order valence-corrected chi connectivity index (χ1v) is 10.9. The van der Waals surface area contributed by atoms with Crippen molar-refractivity contribution in [2.75, 3.05) is 6.54 Å². The number of carbonyl (C=O) groups excluding carboxylic acids is 3. The van der Waals surface area contributed by atoms with Gasteiger partial charge in [-0.1, -0.05) is 55.6 Å². The number of unbranched alkanes of at least 4 members (excludes halogenated alkanes) is 2. The zero-order valence-electron chi connectivity index (χ0n) is 18.1. The lowest BCUT2D eigenvalue weighted by atomic mass is 10.1. The Hall–Kier alpha value is -3.72. The van der Waals surface area contributed by atoms with Gasteiger partial charge < -0.3 is 5.32 Å². The van der Waals surface area contributed by atoms with E-state index in [-0.39, 0.29) is 17.8 Å². The molecule has 2 aromatic carbocycles. The van der Waals surface area contributed by atoms with Gasteiger partial charge in [0.15, 0.2) is 5.69 Å². The molecule has 0 atom stereocenters. The van der Waals surface area contributed by atoms with Gasteiger partial charge in [-0.15, -0.1) is 0 Å². The number of nitrogens with one attached hydrogen (secondary N) is 3. The van der Waals surface area contributed by atoms with Crippen molar-refractivity contribution in [3.63, 3.8) is 0 Å². The number of fused-ring (bicyclic) bond motifs is 1. The van der Waals surface area contributed by atoms with Gasteiger partial charge in [0, 0.05) is 22.5 Å². The Kier molecular flexibility index (Phi) is 8.15.